The van der Waals surface area contributed by atoms with Crippen molar-refractivity contribution in [1.29, 1.82) is 0 Å². The first-order chi connectivity index (χ1) is 14.9. The first-order valence-corrected chi connectivity index (χ1v) is 10.2. The number of fused-ring (bicyclic) bond motifs is 1. The largest absolute Gasteiger partial charge is 0.503 e. The van der Waals surface area contributed by atoms with E-state index in [1.54, 1.807) is 35.0 Å². The zero-order chi connectivity index (χ0) is 22.0. The molecule has 0 aliphatic heterocycles. The Balaban J connectivity index is 1.60. The van der Waals surface area contributed by atoms with Gasteiger partial charge in [-0.05, 0) is 42.3 Å². The lowest BCUT2D eigenvalue weighted by Crippen LogP contribution is -2.17. The third-order valence-corrected chi connectivity index (χ3v) is 5.24. The van der Waals surface area contributed by atoms with Crippen molar-refractivity contribution in [3.8, 4) is 11.5 Å². The first kappa shape index (κ1) is 20.8. The topological polar surface area (TPSA) is 81.7 Å². The Labute approximate surface area is 182 Å². The molecule has 158 valence electrons. The Bertz CT molecular complexity index is 1370. The Morgan fingerprint density at radius 1 is 1.10 bits per heavy atom. The SMILES string of the molecule is CCc1c(O)c(=O)ccn1Cc1cc2ccc(OCc3cccc(Cl)c3)cc2oc1=O. The molecule has 0 unspecified atom stereocenters. The molecule has 2 aromatic heterocycles. The smallest absolute Gasteiger partial charge is 0.341 e. The number of aromatic hydroxyl groups is 1. The van der Waals surface area contributed by atoms with Crippen molar-refractivity contribution in [1.82, 2.24) is 4.57 Å². The summed E-state index contributed by atoms with van der Waals surface area (Å²) in [5.41, 5.74) is 1.30. The summed E-state index contributed by atoms with van der Waals surface area (Å²) in [6, 6.07) is 15.7. The van der Waals surface area contributed by atoms with Gasteiger partial charge in [0, 0.05) is 28.7 Å². The van der Waals surface area contributed by atoms with E-state index in [4.69, 9.17) is 20.8 Å². The molecule has 0 atom stereocenters. The van der Waals surface area contributed by atoms with E-state index in [1.807, 2.05) is 31.2 Å². The maximum absolute atomic E-state index is 12.6. The van der Waals surface area contributed by atoms with Crippen molar-refractivity contribution >= 4 is 22.6 Å². The van der Waals surface area contributed by atoms with E-state index >= 15 is 0 Å². The molecule has 0 spiro atoms. The minimum Gasteiger partial charge on any atom is -0.503 e. The molecule has 2 aromatic carbocycles. The summed E-state index contributed by atoms with van der Waals surface area (Å²) < 4.78 is 13.0. The van der Waals surface area contributed by atoms with Gasteiger partial charge in [-0.3, -0.25) is 4.79 Å². The monoisotopic (exact) mass is 437 g/mol. The van der Waals surface area contributed by atoms with Crippen LogP contribution in [0.1, 0.15) is 23.7 Å². The fourth-order valence-electron chi connectivity index (χ4n) is 3.43. The van der Waals surface area contributed by atoms with Crippen LogP contribution in [0, 0.1) is 0 Å². The van der Waals surface area contributed by atoms with Crippen LogP contribution in [0.2, 0.25) is 5.02 Å². The zero-order valence-corrected chi connectivity index (χ0v) is 17.6. The molecule has 7 heteroatoms. The number of aromatic nitrogens is 1. The van der Waals surface area contributed by atoms with Gasteiger partial charge in [0.1, 0.15) is 17.9 Å². The average molecular weight is 438 g/mol. The predicted molar refractivity (Wildman–Crippen MR) is 119 cm³/mol. The van der Waals surface area contributed by atoms with Crippen LogP contribution in [-0.4, -0.2) is 9.67 Å². The third kappa shape index (κ3) is 4.49. The maximum Gasteiger partial charge on any atom is 0.341 e. The molecule has 2 heterocycles. The van der Waals surface area contributed by atoms with Crippen LogP contribution >= 0.6 is 11.6 Å². The molecule has 31 heavy (non-hydrogen) atoms. The van der Waals surface area contributed by atoms with Gasteiger partial charge in [0.25, 0.3) is 0 Å². The molecule has 0 saturated heterocycles. The number of halogens is 1. The molecule has 0 bridgehead atoms. The second kappa shape index (κ2) is 8.70. The number of rotatable bonds is 6. The molecule has 4 aromatic rings. The predicted octanol–water partition coefficient (Wildman–Crippen LogP) is 4.50. The molecule has 0 aliphatic carbocycles. The van der Waals surface area contributed by atoms with Crippen molar-refractivity contribution in [2.45, 2.75) is 26.5 Å². The van der Waals surface area contributed by atoms with Gasteiger partial charge in [0.05, 0.1) is 17.8 Å². The third-order valence-electron chi connectivity index (χ3n) is 5.01. The van der Waals surface area contributed by atoms with Crippen LogP contribution < -0.4 is 15.8 Å². The van der Waals surface area contributed by atoms with Gasteiger partial charge < -0.3 is 18.8 Å². The van der Waals surface area contributed by atoms with Crippen LogP contribution in [0.5, 0.6) is 11.5 Å². The van der Waals surface area contributed by atoms with Crippen LogP contribution in [0.25, 0.3) is 11.0 Å². The Morgan fingerprint density at radius 2 is 1.94 bits per heavy atom. The van der Waals surface area contributed by atoms with Crippen LogP contribution in [0.3, 0.4) is 0 Å². The molecule has 0 fully saturated rings. The minimum absolute atomic E-state index is 0.183. The van der Waals surface area contributed by atoms with Gasteiger partial charge in [0.2, 0.25) is 5.43 Å². The van der Waals surface area contributed by atoms with Crippen molar-refractivity contribution in [3.63, 3.8) is 0 Å². The van der Waals surface area contributed by atoms with Gasteiger partial charge in [-0.25, -0.2) is 4.79 Å². The quantitative estimate of drug-likeness (QED) is 0.449. The van der Waals surface area contributed by atoms with E-state index in [0.29, 0.717) is 40.6 Å². The molecular weight excluding hydrogens is 418 g/mol. The second-order valence-corrected chi connectivity index (χ2v) is 7.57. The van der Waals surface area contributed by atoms with E-state index in [-0.39, 0.29) is 12.3 Å². The molecule has 1 N–H and O–H groups in total. The van der Waals surface area contributed by atoms with Gasteiger partial charge >= 0.3 is 5.63 Å². The Hall–Kier alpha value is -3.51. The highest BCUT2D eigenvalue weighted by Crippen LogP contribution is 2.23. The summed E-state index contributed by atoms with van der Waals surface area (Å²) >= 11 is 5.99. The zero-order valence-electron chi connectivity index (χ0n) is 16.8. The fourth-order valence-corrected chi connectivity index (χ4v) is 3.65. The fraction of sp³-hybridized carbons (Fsp3) is 0.167. The summed E-state index contributed by atoms with van der Waals surface area (Å²) in [6.45, 7) is 2.35. The van der Waals surface area contributed by atoms with Gasteiger partial charge in [-0.1, -0.05) is 30.7 Å². The van der Waals surface area contributed by atoms with Crippen LogP contribution in [-0.2, 0) is 19.6 Å². The van der Waals surface area contributed by atoms with E-state index < -0.39 is 11.1 Å². The summed E-state index contributed by atoms with van der Waals surface area (Å²) in [5, 5.41) is 11.4. The standard InChI is InChI=1S/C24H20ClNO5/c1-2-20-23(28)21(27)8-9-26(20)13-17-11-16-6-7-19(12-22(16)31-24(17)29)30-14-15-4-3-5-18(25)10-15/h3-12,28H,2,13-14H2,1H3. The van der Waals surface area contributed by atoms with Crippen molar-refractivity contribution in [3.05, 3.63) is 103 Å². The number of benzene rings is 2. The van der Waals surface area contributed by atoms with Crippen molar-refractivity contribution in [2.24, 2.45) is 0 Å². The van der Waals surface area contributed by atoms with E-state index in [9.17, 15) is 14.7 Å². The number of hydrogen-bond acceptors (Lipinski definition) is 5. The average Bonchev–Trinajstić information content (AvgIpc) is 2.75. The number of ether oxygens (including phenoxy) is 1. The lowest BCUT2D eigenvalue weighted by atomic mass is 10.1. The molecule has 0 amide bonds. The van der Waals surface area contributed by atoms with Gasteiger partial charge in [-0.15, -0.1) is 0 Å². The lowest BCUT2D eigenvalue weighted by molar-refractivity contribution is 0.306. The molecular formula is C24H20ClNO5. The Morgan fingerprint density at radius 3 is 2.71 bits per heavy atom. The van der Waals surface area contributed by atoms with Gasteiger partial charge in [0.15, 0.2) is 5.75 Å². The number of pyridine rings is 1. The van der Waals surface area contributed by atoms with Crippen LogP contribution in [0.4, 0.5) is 0 Å². The van der Waals surface area contributed by atoms with E-state index in [0.717, 1.165) is 10.9 Å². The van der Waals surface area contributed by atoms with Gasteiger partial charge in [-0.2, -0.15) is 0 Å². The van der Waals surface area contributed by atoms with Crippen molar-refractivity contribution in [2.75, 3.05) is 0 Å². The van der Waals surface area contributed by atoms with Crippen molar-refractivity contribution < 1.29 is 14.3 Å². The summed E-state index contributed by atoms with van der Waals surface area (Å²) in [5.74, 6) is 0.277. The number of nitrogens with zero attached hydrogens (tertiary/aromatic N) is 1. The van der Waals surface area contributed by atoms with E-state index in [1.165, 1.54) is 6.07 Å². The highest BCUT2D eigenvalue weighted by Gasteiger charge is 2.12. The maximum atomic E-state index is 12.6. The first-order valence-electron chi connectivity index (χ1n) is 9.80. The lowest BCUT2D eigenvalue weighted by Gasteiger charge is -2.13. The molecule has 4 rings (SSSR count). The van der Waals surface area contributed by atoms with Crippen LogP contribution in [0.15, 0.2) is 74.8 Å². The molecule has 0 radical (unpaired) electrons. The second-order valence-electron chi connectivity index (χ2n) is 7.13. The molecule has 6 nitrogen and oxygen atoms in total. The van der Waals surface area contributed by atoms with E-state index in [2.05, 4.69) is 0 Å². The summed E-state index contributed by atoms with van der Waals surface area (Å²) in [6.07, 6.45) is 2.02. The number of hydrogen-bond donors (Lipinski definition) is 1. The minimum atomic E-state index is -0.486. The highest BCUT2D eigenvalue weighted by molar-refractivity contribution is 6.30. The molecule has 0 aliphatic rings. The Kier molecular flexibility index (Phi) is 5.82. The normalized spacial score (nSPS) is 11.0. The highest BCUT2D eigenvalue weighted by atomic mass is 35.5. The summed E-state index contributed by atoms with van der Waals surface area (Å²) in [4.78, 5) is 24.2. The molecule has 0 saturated carbocycles. The summed E-state index contributed by atoms with van der Waals surface area (Å²) in [7, 11) is 0.